The van der Waals surface area contributed by atoms with Crippen molar-refractivity contribution in [2.24, 2.45) is 0 Å². The van der Waals surface area contributed by atoms with Crippen LogP contribution in [0.25, 0.3) is 10.1 Å². The predicted molar refractivity (Wildman–Crippen MR) is 73.3 cm³/mol. The molecule has 0 unspecified atom stereocenters. The summed E-state index contributed by atoms with van der Waals surface area (Å²) in [6.07, 6.45) is 1.13. The Hall–Kier alpha value is -0.860. The van der Waals surface area contributed by atoms with Gasteiger partial charge in [0.15, 0.2) is 0 Å². The van der Waals surface area contributed by atoms with Crippen LogP contribution in [0.1, 0.15) is 29.9 Å². The van der Waals surface area contributed by atoms with E-state index in [1.165, 1.54) is 26.1 Å². The highest BCUT2D eigenvalue weighted by Gasteiger charge is 2.10. The second-order valence-corrected chi connectivity index (χ2v) is 5.19. The van der Waals surface area contributed by atoms with Gasteiger partial charge in [0.25, 0.3) is 0 Å². The summed E-state index contributed by atoms with van der Waals surface area (Å²) >= 11 is 1.95. The second-order valence-electron chi connectivity index (χ2n) is 4.09. The summed E-state index contributed by atoms with van der Waals surface area (Å²) in [4.78, 5) is 1.51. The lowest BCUT2D eigenvalue weighted by Crippen LogP contribution is -2.11. The van der Waals surface area contributed by atoms with Crippen LogP contribution in [0, 0.1) is 6.92 Å². The molecule has 1 nitrogen and oxygen atoms in total. The maximum atomic E-state index is 3.43. The average Bonchev–Trinajstić information content (AvgIpc) is 2.65. The minimum Gasteiger partial charge on any atom is -0.312 e. The lowest BCUT2D eigenvalue weighted by molar-refractivity contribution is 0.731. The summed E-state index contributed by atoms with van der Waals surface area (Å²) in [5, 5.41) is 4.89. The third-order valence-corrected chi connectivity index (χ3v) is 4.37. The Morgan fingerprint density at radius 3 is 2.75 bits per heavy atom. The molecule has 0 aliphatic carbocycles. The number of nitrogens with one attached hydrogen (secondary N) is 1. The minimum atomic E-state index is 1.01. The first-order valence-corrected chi connectivity index (χ1v) is 6.80. The Morgan fingerprint density at radius 2 is 2.06 bits per heavy atom. The number of benzene rings is 1. The Labute approximate surface area is 101 Å². The highest BCUT2D eigenvalue weighted by molar-refractivity contribution is 7.19. The lowest BCUT2D eigenvalue weighted by atomic mass is 10.1. The SMILES string of the molecule is CCNCc1sc2c(C)cccc2c1CC. The van der Waals surface area contributed by atoms with Crippen LogP contribution in [0.5, 0.6) is 0 Å². The molecule has 0 spiro atoms. The van der Waals surface area contributed by atoms with E-state index in [-0.39, 0.29) is 0 Å². The number of hydrogen-bond acceptors (Lipinski definition) is 2. The number of fused-ring (bicyclic) bond motifs is 1. The minimum absolute atomic E-state index is 1.01. The third kappa shape index (κ3) is 2.00. The Balaban J connectivity index is 2.52. The molecule has 0 aliphatic rings. The van der Waals surface area contributed by atoms with Gasteiger partial charge in [0.2, 0.25) is 0 Å². The van der Waals surface area contributed by atoms with E-state index in [4.69, 9.17) is 0 Å². The quantitative estimate of drug-likeness (QED) is 0.845. The average molecular weight is 233 g/mol. The van der Waals surface area contributed by atoms with Gasteiger partial charge >= 0.3 is 0 Å². The Kier molecular flexibility index (Phi) is 3.62. The van der Waals surface area contributed by atoms with E-state index in [2.05, 4.69) is 44.3 Å². The van der Waals surface area contributed by atoms with E-state index in [0.29, 0.717) is 0 Å². The molecule has 0 saturated carbocycles. The molecular weight excluding hydrogens is 214 g/mol. The van der Waals surface area contributed by atoms with Crippen LogP contribution >= 0.6 is 11.3 Å². The summed E-state index contributed by atoms with van der Waals surface area (Å²) in [6.45, 7) is 8.66. The Morgan fingerprint density at radius 1 is 1.25 bits per heavy atom. The molecule has 86 valence electrons. The number of hydrogen-bond donors (Lipinski definition) is 1. The predicted octanol–water partition coefficient (Wildman–Crippen LogP) is 3.88. The zero-order valence-corrected chi connectivity index (χ0v) is 11.1. The van der Waals surface area contributed by atoms with E-state index >= 15 is 0 Å². The van der Waals surface area contributed by atoms with E-state index < -0.39 is 0 Å². The molecule has 2 heteroatoms. The summed E-state index contributed by atoms with van der Waals surface area (Å²) < 4.78 is 1.47. The van der Waals surface area contributed by atoms with Crippen molar-refractivity contribution in [3.63, 3.8) is 0 Å². The lowest BCUT2D eigenvalue weighted by Gasteiger charge is -2.02. The van der Waals surface area contributed by atoms with E-state index in [9.17, 15) is 0 Å². The first-order valence-electron chi connectivity index (χ1n) is 5.98. The van der Waals surface area contributed by atoms with Gasteiger partial charge in [-0.2, -0.15) is 0 Å². The number of thiophene rings is 1. The van der Waals surface area contributed by atoms with Crippen LogP contribution in [0.2, 0.25) is 0 Å². The van der Waals surface area contributed by atoms with Crippen LogP contribution in [-0.2, 0) is 13.0 Å². The normalized spacial score (nSPS) is 11.2. The third-order valence-electron chi connectivity index (χ3n) is 2.99. The van der Waals surface area contributed by atoms with Crippen LogP contribution in [0.4, 0.5) is 0 Å². The van der Waals surface area contributed by atoms with E-state index in [1.807, 2.05) is 11.3 Å². The first-order chi connectivity index (χ1) is 7.77. The topological polar surface area (TPSA) is 12.0 Å². The first kappa shape index (κ1) is 11.6. The van der Waals surface area contributed by atoms with Gasteiger partial charge in [0, 0.05) is 16.1 Å². The van der Waals surface area contributed by atoms with Gasteiger partial charge in [-0.3, -0.25) is 0 Å². The standard InChI is InChI=1S/C14H19NS/c1-4-11-12-8-6-7-10(3)14(12)16-13(11)9-15-5-2/h6-8,15H,4-5,9H2,1-3H3. The molecule has 1 aromatic carbocycles. The molecule has 0 amide bonds. The molecule has 0 atom stereocenters. The van der Waals surface area contributed by atoms with Gasteiger partial charge in [0.05, 0.1) is 0 Å². The molecule has 1 N–H and O–H groups in total. The van der Waals surface area contributed by atoms with Crippen LogP contribution in [0.3, 0.4) is 0 Å². The molecule has 1 aromatic heterocycles. The summed E-state index contributed by atoms with van der Waals surface area (Å²) in [7, 11) is 0. The van der Waals surface area contributed by atoms with Crippen molar-refractivity contribution in [1.82, 2.24) is 5.32 Å². The van der Waals surface area contributed by atoms with E-state index in [0.717, 1.165) is 19.5 Å². The fourth-order valence-electron chi connectivity index (χ4n) is 2.13. The van der Waals surface area contributed by atoms with Crippen molar-refractivity contribution in [3.8, 4) is 0 Å². The van der Waals surface area contributed by atoms with Gasteiger partial charge in [-0.05, 0) is 36.4 Å². The summed E-state index contributed by atoms with van der Waals surface area (Å²) in [5.41, 5.74) is 2.93. The van der Waals surface area contributed by atoms with Gasteiger partial charge in [-0.15, -0.1) is 11.3 Å². The Bertz CT molecular complexity index is 485. The highest BCUT2D eigenvalue weighted by atomic mass is 32.1. The second kappa shape index (κ2) is 4.98. The van der Waals surface area contributed by atoms with Crippen molar-refractivity contribution in [2.45, 2.75) is 33.7 Å². The van der Waals surface area contributed by atoms with Gasteiger partial charge in [-0.1, -0.05) is 32.0 Å². The largest absolute Gasteiger partial charge is 0.312 e. The molecule has 0 saturated heterocycles. The maximum absolute atomic E-state index is 3.43. The molecule has 16 heavy (non-hydrogen) atoms. The van der Waals surface area contributed by atoms with Crippen LogP contribution in [-0.4, -0.2) is 6.54 Å². The van der Waals surface area contributed by atoms with Crippen LogP contribution < -0.4 is 5.32 Å². The highest BCUT2D eigenvalue weighted by Crippen LogP contribution is 2.33. The van der Waals surface area contributed by atoms with Crippen molar-refractivity contribution >= 4 is 21.4 Å². The molecule has 2 aromatic rings. The zero-order valence-electron chi connectivity index (χ0n) is 10.3. The monoisotopic (exact) mass is 233 g/mol. The molecule has 0 fully saturated rings. The van der Waals surface area contributed by atoms with Gasteiger partial charge < -0.3 is 5.32 Å². The van der Waals surface area contributed by atoms with Gasteiger partial charge in [-0.25, -0.2) is 0 Å². The molecule has 2 rings (SSSR count). The molecule has 0 aliphatic heterocycles. The van der Waals surface area contributed by atoms with Crippen LogP contribution in [0.15, 0.2) is 18.2 Å². The van der Waals surface area contributed by atoms with Crippen molar-refractivity contribution < 1.29 is 0 Å². The maximum Gasteiger partial charge on any atom is 0.0378 e. The van der Waals surface area contributed by atoms with Crippen molar-refractivity contribution in [2.75, 3.05) is 6.54 Å². The smallest absolute Gasteiger partial charge is 0.0378 e. The molecule has 0 radical (unpaired) electrons. The number of aryl methyl sites for hydroxylation is 2. The zero-order chi connectivity index (χ0) is 11.5. The summed E-state index contributed by atoms with van der Waals surface area (Å²) in [6, 6.07) is 6.63. The van der Waals surface area contributed by atoms with E-state index in [1.54, 1.807) is 0 Å². The molecular formula is C14H19NS. The van der Waals surface area contributed by atoms with Crippen molar-refractivity contribution in [1.29, 1.82) is 0 Å². The van der Waals surface area contributed by atoms with Gasteiger partial charge in [0.1, 0.15) is 0 Å². The molecule has 1 heterocycles. The van der Waals surface area contributed by atoms with Crippen molar-refractivity contribution in [3.05, 3.63) is 34.2 Å². The fraction of sp³-hybridized carbons (Fsp3) is 0.429. The summed E-state index contributed by atoms with van der Waals surface area (Å²) in [5.74, 6) is 0. The molecule has 0 bridgehead atoms. The number of rotatable bonds is 4. The fourth-order valence-corrected chi connectivity index (χ4v) is 3.46.